The van der Waals surface area contributed by atoms with Gasteiger partial charge in [0.1, 0.15) is 6.10 Å². The third-order valence-corrected chi connectivity index (χ3v) is 12.5. The van der Waals surface area contributed by atoms with Crippen molar-refractivity contribution in [1.29, 1.82) is 0 Å². The quantitative estimate of drug-likeness (QED) is 0.429. The van der Waals surface area contributed by atoms with Crippen molar-refractivity contribution >= 4 is 23.5 Å². The number of aliphatic hydroxyl groups excluding tert-OH is 1. The Morgan fingerprint density at radius 3 is 2.58 bits per heavy atom. The molecule has 2 N–H and O–H groups in total. The number of fused-ring (bicyclic) bond motifs is 5. The Labute approximate surface area is 219 Å². The summed E-state index contributed by atoms with van der Waals surface area (Å²) in [4.78, 5) is 55.4. The van der Waals surface area contributed by atoms with Crippen LogP contribution >= 0.6 is 0 Å². The van der Waals surface area contributed by atoms with Gasteiger partial charge in [-0.05, 0) is 56.4 Å². The summed E-state index contributed by atoms with van der Waals surface area (Å²) in [5, 5.41) is 23.8. The first-order valence-corrected chi connectivity index (χ1v) is 13.7. The zero-order valence-electron chi connectivity index (χ0n) is 21.6. The van der Waals surface area contributed by atoms with Crippen LogP contribution in [0.3, 0.4) is 0 Å². The van der Waals surface area contributed by atoms with Crippen LogP contribution in [0.1, 0.15) is 52.9 Å². The van der Waals surface area contributed by atoms with Crippen molar-refractivity contribution in [3.05, 3.63) is 12.2 Å². The van der Waals surface area contributed by atoms with Crippen molar-refractivity contribution in [3.8, 4) is 0 Å². The highest BCUT2D eigenvalue weighted by atomic mass is 16.8. The lowest BCUT2D eigenvalue weighted by Crippen LogP contribution is -2.79. The summed E-state index contributed by atoms with van der Waals surface area (Å²) in [6.45, 7) is 5.08. The van der Waals surface area contributed by atoms with Crippen LogP contribution in [0.5, 0.6) is 0 Å². The molecule has 0 aromatic rings. The predicted molar refractivity (Wildman–Crippen MR) is 124 cm³/mol. The van der Waals surface area contributed by atoms with Gasteiger partial charge in [0.2, 0.25) is 5.79 Å². The number of esters is 2. The highest BCUT2D eigenvalue weighted by Crippen LogP contribution is 2.75. The molecule has 5 saturated heterocycles. The lowest BCUT2D eigenvalue weighted by Gasteiger charge is -2.63. The SMILES string of the molecule is CC12CC3OC(=O)C1COC14OC5(C2C1=O)C(O)(CCC1C4CC(O)C2CC=CC(=O)C21C)C(=O)OC35C. The largest absolute Gasteiger partial charge is 0.458 e. The molecule has 2 saturated carbocycles. The molecular weight excluding hydrogens is 496 g/mol. The zero-order valence-corrected chi connectivity index (χ0v) is 21.6. The molecule has 38 heavy (non-hydrogen) atoms. The van der Waals surface area contributed by atoms with E-state index < -0.39 is 87.0 Å². The molecule has 2 spiro atoms. The normalized spacial score (nSPS) is 61.3. The van der Waals surface area contributed by atoms with Gasteiger partial charge in [0, 0.05) is 17.3 Å². The fraction of sp³-hybridized carbons (Fsp3) is 0.786. The topological polar surface area (TPSA) is 146 Å². The summed E-state index contributed by atoms with van der Waals surface area (Å²) in [5.74, 6) is -7.56. The fourth-order valence-corrected chi connectivity index (χ4v) is 10.6. The molecular formula is C28H32O10. The van der Waals surface area contributed by atoms with Crippen LogP contribution in [0.25, 0.3) is 0 Å². The Kier molecular flexibility index (Phi) is 4.01. The van der Waals surface area contributed by atoms with Crippen molar-refractivity contribution in [2.24, 2.45) is 40.4 Å². The first-order valence-electron chi connectivity index (χ1n) is 13.7. The van der Waals surface area contributed by atoms with Crippen LogP contribution in [0.4, 0.5) is 0 Å². The lowest BCUT2D eigenvalue weighted by atomic mass is 9.46. The minimum atomic E-state index is -2.22. The van der Waals surface area contributed by atoms with E-state index in [0.717, 1.165) is 0 Å². The highest BCUT2D eigenvalue weighted by Gasteiger charge is 2.93. The minimum Gasteiger partial charge on any atom is -0.458 e. The predicted octanol–water partition coefficient (Wildman–Crippen LogP) is 0.608. The Hall–Kier alpha value is -2.14. The van der Waals surface area contributed by atoms with Gasteiger partial charge in [0.25, 0.3) is 0 Å². The van der Waals surface area contributed by atoms with Crippen molar-refractivity contribution in [2.75, 3.05) is 6.61 Å². The lowest BCUT2D eigenvalue weighted by molar-refractivity contribution is -0.378. The van der Waals surface area contributed by atoms with Gasteiger partial charge >= 0.3 is 11.9 Å². The average molecular weight is 529 g/mol. The van der Waals surface area contributed by atoms with E-state index in [-0.39, 0.29) is 44.0 Å². The van der Waals surface area contributed by atoms with E-state index in [9.17, 15) is 29.4 Å². The van der Waals surface area contributed by atoms with E-state index in [0.29, 0.717) is 6.42 Å². The summed E-state index contributed by atoms with van der Waals surface area (Å²) in [6, 6.07) is 0. The fourth-order valence-electron chi connectivity index (χ4n) is 10.6. The smallest absolute Gasteiger partial charge is 0.342 e. The summed E-state index contributed by atoms with van der Waals surface area (Å²) in [5.41, 5.74) is -7.78. The average Bonchev–Trinajstić information content (AvgIpc) is 3.17. The minimum absolute atomic E-state index is 0.0980. The molecule has 204 valence electrons. The molecule has 0 aromatic heterocycles. The molecule has 0 radical (unpaired) electrons. The molecule has 7 fully saturated rings. The number of Topliss-reactive ketones (excluding diaryl/α,β-unsaturated/α-hetero) is 1. The maximum absolute atomic E-state index is 14.9. The molecule has 0 amide bonds. The number of carbonyl (C=O) groups excluding carboxylic acids is 4. The van der Waals surface area contributed by atoms with Gasteiger partial charge in [0.05, 0.1) is 24.5 Å². The van der Waals surface area contributed by atoms with Crippen LogP contribution in [0.2, 0.25) is 0 Å². The second-order valence-electron chi connectivity index (χ2n) is 13.6. The number of allylic oxidation sites excluding steroid dienone is 2. The van der Waals surface area contributed by atoms with Gasteiger partial charge in [-0.2, -0.15) is 0 Å². The molecule has 13 unspecified atom stereocenters. The van der Waals surface area contributed by atoms with Gasteiger partial charge in [-0.1, -0.05) is 19.9 Å². The van der Waals surface area contributed by atoms with Crippen LogP contribution in [-0.2, 0) is 38.1 Å². The number of ether oxygens (including phenoxy) is 4. The first kappa shape index (κ1) is 23.7. The summed E-state index contributed by atoms with van der Waals surface area (Å²) in [7, 11) is 0. The first-order chi connectivity index (χ1) is 17.8. The number of hydrogen-bond acceptors (Lipinski definition) is 10. The second-order valence-corrected chi connectivity index (χ2v) is 13.6. The molecule has 5 aliphatic heterocycles. The van der Waals surface area contributed by atoms with E-state index in [1.54, 1.807) is 13.0 Å². The Balaban J connectivity index is 1.42. The van der Waals surface area contributed by atoms with Crippen molar-refractivity contribution < 1.29 is 48.3 Å². The Bertz CT molecular complexity index is 1280. The van der Waals surface area contributed by atoms with Crippen molar-refractivity contribution in [3.63, 3.8) is 0 Å². The Morgan fingerprint density at radius 1 is 1.05 bits per heavy atom. The van der Waals surface area contributed by atoms with Crippen LogP contribution < -0.4 is 0 Å². The molecule has 8 rings (SSSR count). The number of ketones is 2. The summed E-state index contributed by atoms with van der Waals surface area (Å²) < 4.78 is 25.0. The van der Waals surface area contributed by atoms with Crippen LogP contribution in [0.15, 0.2) is 12.2 Å². The maximum atomic E-state index is 14.9. The molecule has 0 aromatic carbocycles. The monoisotopic (exact) mass is 528 g/mol. The van der Waals surface area contributed by atoms with E-state index in [1.165, 1.54) is 6.08 Å². The summed E-state index contributed by atoms with van der Waals surface area (Å²) in [6.07, 6.45) is 2.52. The van der Waals surface area contributed by atoms with E-state index >= 15 is 0 Å². The van der Waals surface area contributed by atoms with Crippen LogP contribution in [0, 0.1) is 40.4 Å². The van der Waals surface area contributed by atoms with Crippen molar-refractivity contribution in [2.45, 2.75) is 87.7 Å². The van der Waals surface area contributed by atoms with Crippen molar-refractivity contribution in [1.82, 2.24) is 0 Å². The molecule has 8 aliphatic rings. The van der Waals surface area contributed by atoms with Gasteiger partial charge in [0.15, 0.2) is 28.4 Å². The number of aliphatic hydroxyl groups is 2. The number of carbonyl (C=O) groups is 4. The van der Waals surface area contributed by atoms with Gasteiger partial charge in [-0.15, -0.1) is 0 Å². The molecule has 10 nitrogen and oxygen atoms in total. The van der Waals surface area contributed by atoms with Gasteiger partial charge in [-0.25, -0.2) is 4.79 Å². The number of rotatable bonds is 0. The maximum Gasteiger partial charge on any atom is 0.342 e. The van der Waals surface area contributed by atoms with E-state index in [4.69, 9.17) is 18.9 Å². The molecule has 5 bridgehead atoms. The Morgan fingerprint density at radius 2 is 1.82 bits per heavy atom. The third-order valence-electron chi connectivity index (χ3n) is 12.5. The molecule has 10 heteroatoms. The van der Waals surface area contributed by atoms with Crippen LogP contribution in [-0.4, -0.2) is 75.1 Å². The number of hydrogen-bond donors (Lipinski definition) is 2. The molecule has 5 heterocycles. The second kappa shape index (κ2) is 6.43. The van der Waals surface area contributed by atoms with Gasteiger partial charge < -0.3 is 29.2 Å². The molecule has 3 aliphatic carbocycles. The third kappa shape index (κ3) is 2.04. The standard InChI is InChI=1S/C28H32O10/c1-23-10-18-25(3)28-19(23)20(31)27(38-28,35-11-15(23)21(32)36-18)14-9-16(29)13-5-4-6-17(30)24(13,2)12(14)7-8-26(28,34)22(33)37-25/h4,6,12-16,18-19,29,34H,5,7-11H2,1-3H3. The zero-order chi connectivity index (χ0) is 26.8. The van der Waals surface area contributed by atoms with E-state index in [1.807, 2.05) is 13.8 Å². The van der Waals surface area contributed by atoms with E-state index in [2.05, 4.69) is 0 Å². The highest BCUT2D eigenvalue weighted by molar-refractivity contribution is 6.00. The van der Waals surface area contributed by atoms with Gasteiger partial charge in [-0.3, -0.25) is 14.4 Å². The molecule has 13 atom stereocenters. The summed E-state index contributed by atoms with van der Waals surface area (Å²) >= 11 is 0.